The molecule has 0 heterocycles. The van der Waals surface area contributed by atoms with Crippen molar-refractivity contribution in [3.8, 4) is 5.75 Å². The normalized spacial score (nSPS) is 24.9. The van der Waals surface area contributed by atoms with Crippen molar-refractivity contribution in [2.24, 2.45) is 0 Å². The lowest BCUT2D eigenvalue weighted by atomic mass is 9.92. The summed E-state index contributed by atoms with van der Waals surface area (Å²) in [6.07, 6.45) is 6.18. The first kappa shape index (κ1) is 9.22. The number of benzene rings is 1. The number of aromatic hydroxyl groups is 1. The van der Waals surface area contributed by atoms with Crippen LogP contribution in [0.4, 0.5) is 0 Å². The summed E-state index contributed by atoms with van der Waals surface area (Å²) < 4.78 is 0. The van der Waals surface area contributed by atoms with Crippen LogP contribution in [0.1, 0.15) is 42.9 Å². The van der Waals surface area contributed by atoms with E-state index in [9.17, 15) is 5.11 Å². The van der Waals surface area contributed by atoms with Gasteiger partial charge in [-0.05, 0) is 42.9 Å². The van der Waals surface area contributed by atoms with E-state index in [1.165, 1.54) is 24.8 Å². The van der Waals surface area contributed by atoms with Crippen molar-refractivity contribution in [2.45, 2.75) is 44.2 Å². The highest BCUT2D eigenvalue weighted by Gasteiger charge is 2.28. The molecule has 2 aliphatic carbocycles. The number of phenolic OH excluding ortho intramolecular Hbond substituents is 1. The average Bonchev–Trinajstić information content (AvgIpc) is 2.56. The summed E-state index contributed by atoms with van der Waals surface area (Å²) >= 11 is 0. The standard InChI is InChI=1S/C13H17NO/c15-13-6-2-5-10-11(13)7-8-12(10)14-9-3-1-4-9/h2,5-6,9,12,14-15H,1,3-4,7-8H2. The lowest BCUT2D eigenvalue weighted by Gasteiger charge is -2.30. The number of fused-ring (bicyclic) bond motifs is 1. The first-order valence-corrected chi connectivity index (χ1v) is 5.91. The fraction of sp³-hybridized carbons (Fsp3) is 0.538. The molecular weight excluding hydrogens is 186 g/mol. The van der Waals surface area contributed by atoms with Gasteiger partial charge in [-0.1, -0.05) is 18.6 Å². The lowest BCUT2D eigenvalue weighted by molar-refractivity contribution is 0.304. The number of hydrogen-bond acceptors (Lipinski definition) is 2. The molecule has 2 nitrogen and oxygen atoms in total. The molecule has 1 atom stereocenters. The van der Waals surface area contributed by atoms with Crippen molar-refractivity contribution >= 4 is 0 Å². The summed E-state index contributed by atoms with van der Waals surface area (Å²) in [5, 5.41) is 13.4. The van der Waals surface area contributed by atoms with E-state index in [4.69, 9.17) is 0 Å². The van der Waals surface area contributed by atoms with Crippen molar-refractivity contribution in [3.05, 3.63) is 29.3 Å². The van der Waals surface area contributed by atoms with Crippen LogP contribution in [0.2, 0.25) is 0 Å². The molecular formula is C13H17NO. The zero-order valence-corrected chi connectivity index (χ0v) is 8.87. The van der Waals surface area contributed by atoms with E-state index in [0.717, 1.165) is 24.4 Å². The Balaban J connectivity index is 1.81. The Kier molecular flexibility index (Phi) is 2.17. The third-order valence-corrected chi connectivity index (χ3v) is 3.79. The summed E-state index contributed by atoms with van der Waals surface area (Å²) in [6.45, 7) is 0. The Hall–Kier alpha value is -1.02. The molecule has 0 saturated heterocycles. The van der Waals surface area contributed by atoms with E-state index in [1.807, 2.05) is 6.07 Å². The zero-order valence-electron chi connectivity index (χ0n) is 8.87. The SMILES string of the molecule is Oc1cccc2c1CCC2NC1CCC1. The van der Waals surface area contributed by atoms with Crippen LogP contribution in [0.3, 0.4) is 0 Å². The Morgan fingerprint density at radius 2 is 2.07 bits per heavy atom. The molecule has 3 rings (SSSR count). The fourth-order valence-electron chi connectivity index (χ4n) is 2.67. The van der Waals surface area contributed by atoms with Crippen molar-refractivity contribution < 1.29 is 5.11 Å². The number of nitrogens with one attached hydrogen (secondary N) is 1. The molecule has 2 N–H and O–H groups in total. The molecule has 2 heteroatoms. The van der Waals surface area contributed by atoms with Crippen molar-refractivity contribution in [3.63, 3.8) is 0 Å². The molecule has 1 aromatic rings. The summed E-state index contributed by atoms with van der Waals surface area (Å²) in [7, 11) is 0. The molecule has 1 saturated carbocycles. The molecule has 0 bridgehead atoms. The van der Waals surface area contributed by atoms with Gasteiger partial charge in [0.2, 0.25) is 0 Å². The van der Waals surface area contributed by atoms with E-state index < -0.39 is 0 Å². The molecule has 0 amide bonds. The first-order chi connectivity index (χ1) is 7.34. The molecule has 15 heavy (non-hydrogen) atoms. The summed E-state index contributed by atoms with van der Waals surface area (Å²) in [5.74, 6) is 0.477. The van der Waals surface area contributed by atoms with Gasteiger partial charge in [-0.2, -0.15) is 0 Å². The zero-order chi connectivity index (χ0) is 10.3. The smallest absolute Gasteiger partial charge is 0.119 e. The van der Waals surface area contributed by atoms with Gasteiger partial charge < -0.3 is 10.4 Å². The Morgan fingerprint density at radius 3 is 2.80 bits per heavy atom. The number of phenols is 1. The molecule has 1 fully saturated rings. The van der Waals surface area contributed by atoms with Crippen LogP contribution in [-0.4, -0.2) is 11.1 Å². The molecule has 1 aromatic carbocycles. The molecule has 0 radical (unpaired) electrons. The van der Waals surface area contributed by atoms with Crippen LogP contribution in [0, 0.1) is 0 Å². The summed E-state index contributed by atoms with van der Waals surface area (Å²) in [6, 6.07) is 7.11. The predicted molar refractivity (Wildman–Crippen MR) is 59.9 cm³/mol. The number of rotatable bonds is 2. The average molecular weight is 203 g/mol. The molecule has 0 aliphatic heterocycles. The van der Waals surface area contributed by atoms with Crippen molar-refractivity contribution in [2.75, 3.05) is 0 Å². The van der Waals surface area contributed by atoms with Gasteiger partial charge in [0.1, 0.15) is 5.75 Å². The topological polar surface area (TPSA) is 32.3 Å². The maximum atomic E-state index is 9.73. The second-order valence-electron chi connectivity index (χ2n) is 4.73. The molecule has 0 spiro atoms. The quantitative estimate of drug-likeness (QED) is 0.774. The van der Waals surface area contributed by atoms with Gasteiger partial charge in [-0.3, -0.25) is 0 Å². The summed E-state index contributed by atoms with van der Waals surface area (Å²) in [5.41, 5.74) is 2.48. The van der Waals surface area contributed by atoms with Gasteiger partial charge in [0, 0.05) is 12.1 Å². The molecule has 2 aliphatic rings. The highest BCUT2D eigenvalue weighted by atomic mass is 16.3. The van der Waals surface area contributed by atoms with Crippen LogP contribution in [0.25, 0.3) is 0 Å². The van der Waals surface area contributed by atoms with Crippen LogP contribution in [-0.2, 0) is 6.42 Å². The predicted octanol–water partition coefficient (Wildman–Crippen LogP) is 2.52. The minimum absolute atomic E-state index is 0.477. The van der Waals surface area contributed by atoms with Gasteiger partial charge >= 0.3 is 0 Å². The molecule has 1 unspecified atom stereocenters. The maximum absolute atomic E-state index is 9.73. The van der Waals surface area contributed by atoms with Crippen LogP contribution < -0.4 is 5.32 Å². The van der Waals surface area contributed by atoms with Gasteiger partial charge in [0.05, 0.1) is 0 Å². The van der Waals surface area contributed by atoms with Gasteiger partial charge in [-0.15, -0.1) is 0 Å². The van der Waals surface area contributed by atoms with Crippen molar-refractivity contribution in [1.82, 2.24) is 5.32 Å². The lowest BCUT2D eigenvalue weighted by Crippen LogP contribution is -2.37. The van der Waals surface area contributed by atoms with E-state index in [0.29, 0.717) is 11.8 Å². The highest BCUT2D eigenvalue weighted by Crippen LogP contribution is 2.37. The molecule has 80 valence electrons. The second kappa shape index (κ2) is 3.53. The Morgan fingerprint density at radius 1 is 1.20 bits per heavy atom. The van der Waals surface area contributed by atoms with Crippen LogP contribution in [0.15, 0.2) is 18.2 Å². The van der Waals surface area contributed by atoms with E-state index in [1.54, 1.807) is 6.07 Å². The van der Waals surface area contributed by atoms with E-state index >= 15 is 0 Å². The van der Waals surface area contributed by atoms with E-state index in [-0.39, 0.29) is 0 Å². The third-order valence-electron chi connectivity index (χ3n) is 3.79. The number of hydrogen-bond donors (Lipinski definition) is 2. The van der Waals surface area contributed by atoms with E-state index in [2.05, 4.69) is 11.4 Å². The second-order valence-corrected chi connectivity index (χ2v) is 4.73. The summed E-state index contributed by atoms with van der Waals surface area (Å²) in [4.78, 5) is 0. The minimum Gasteiger partial charge on any atom is -0.508 e. The van der Waals surface area contributed by atoms with Gasteiger partial charge in [-0.25, -0.2) is 0 Å². The first-order valence-electron chi connectivity index (χ1n) is 5.91. The fourth-order valence-corrected chi connectivity index (χ4v) is 2.67. The highest BCUT2D eigenvalue weighted by molar-refractivity contribution is 5.44. The Labute approximate surface area is 90.3 Å². The minimum atomic E-state index is 0.477. The van der Waals surface area contributed by atoms with Gasteiger partial charge in [0.25, 0.3) is 0 Å². The maximum Gasteiger partial charge on any atom is 0.119 e. The van der Waals surface area contributed by atoms with Crippen LogP contribution >= 0.6 is 0 Å². The molecule has 0 aromatic heterocycles. The Bertz CT molecular complexity index is 371. The van der Waals surface area contributed by atoms with Crippen molar-refractivity contribution in [1.29, 1.82) is 0 Å². The largest absolute Gasteiger partial charge is 0.508 e. The van der Waals surface area contributed by atoms with Crippen LogP contribution in [0.5, 0.6) is 5.75 Å². The van der Waals surface area contributed by atoms with Gasteiger partial charge in [0.15, 0.2) is 0 Å². The monoisotopic (exact) mass is 203 g/mol. The third kappa shape index (κ3) is 1.53.